The largest absolute Gasteiger partial charge is 0.500 e. The first-order chi connectivity index (χ1) is 14.7. The summed E-state index contributed by atoms with van der Waals surface area (Å²) in [6, 6.07) is 5.26. The standard InChI is InChI=1S/C25H34N2O4/c1-6-7-14-27-22-16-20(26-19(5)28)11-12-21(22)24(23(29)25(27)30)31-15-13-18(4)10-8-9-17(2)3/h9,11-13,16,29H,6-8,10,14-15H2,1-5H3,(H,26,28). The molecule has 0 unspecified atom stereocenters. The van der Waals surface area contributed by atoms with Crippen LogP contribution in [0.4, 0.5) is 5.69 Å². The van der Waals surface area contributed by atoms with Crippen molar-refractivity contribution < 1.29 is 14.6 Å². The molecule has 0 aliphatic carbocycles. The van der Waals surface area contributed by atoms with Gasteiger partial charge in [-0.05, 0) is 64.3 Å². The number of aryl methyl sites for hydroxylation is 1. The molecule has 0 saturated carbocycles. The summed E-state index contributed by atoms with van der Waals surface area (Å²) in [5.74, 6) is -0.396. The van der Waals surface area contributed by atoms with Gasteiger partial charge in [0.1, 0.15) is 6.61 Å². The second-order valence-electron chi connectivity index (χ2n) is 8.08. The minimum Gasteiger partial charge on any atom is -0.500 e. The maximum absolute atomic E-state index is 12.9. The number of nitrogens with one attached hydrogen (secondary N) is 1. The second kappa shape index (κ2) is 11.4. The fraction of sp³-hybridized carbons (Fsp3) is 0.440. The van der Waals surface area contributed by atoms with Crippen molar-refractivity contribution in [2.24, 2.45) is 0 Å². The lowest BCUT2D eigenvalue weighted by atomic mass is 10.1. The Labute approximate surface area is 184 Å². The van der Waals surface area contributed by atoms with E-state index in [1.165, 1.54) is 18.1 Å². The molecule has 2 aromatic rings. The van der Waals surface area contributed by atoms with E-state index >= 15 is 0 Å². The SMILES string of the molecule is CCCCn1c(=O)c(O)c(OCC=C(C)CCC=C(C)C)c2ccc(NC(C)=O)cc21. The maximum Gasteiger partial charge on any atom is 0.297 e. The minimum atomic E-state index is -0.486. The summed E-state index contributed by atoms with van der Waals surface area (Å²) in [5.41, 5.74) is 3.21. The van der Waals surface area contributed by atoms with Crippen LogP contribution in [0.25, 0.3) is 10.9 Å². The van der Waals surface area contributed by atoms with Crippen molar-refractivity contribution in [1.82, 2.24) is 4.57 Å². The molecule has 0 fully saturated rings. The highest BCUT2D eigenvalue weighted by Crippen LogP contribution is 2.33. The Morgan fingerprint density at radius 1 is 1.19 bits per heavy atom. The highest BCUT2D eigenvalue weighted by Gasteiger charge is 2.18. The van der Waals surface area contributed by atoms with E-state index in [1.807, 2.05) is 19.9 Å². The number of ether oxygens (including phenoxy) is 1. The number of carbonyl (C=O) groups is 1. The van der Waals surface area contributed by atoms with Gasteiger partial charge in [-0.3, -0.25) is 9.59 Å². The third-order valence-corrected chi connectivity index (χ3v) is 5.00. The first-order valence-corrected chi connectivity index (χ1v) is 10.8. The molecule has 0 radical (unpaired) electrons. The van der Waals surface area contributed by atoms with E-state index in [-0.39, 0.29) is 24.0 Å². The van der Waals surface area contributed by atoms with Gasteiger partial charge in [0.05, 0.1) is 5.52 Å². The Morgan fingerprint density at radius 3 is 2.58 bits per heavy atom. The van der Waals surface area contributed by atoms with Gasteiger partial charge in [0.25, 0.3) is 5.56 Å². The van der Waals surface area contributed by atoms with E-state index in [2.05, 4.69) is 25.2 Å². The van der Waals surface area contributed by atoms with Crippen LogP contribution >= 0.6 is 0 Å². The van der Waals surface area contributed by atoms with Gasteiger partial charge >= 0.3 is 0 Å². The number of hydrogen-bond donors (Lipinski definition) is 2. The topological polar surface area (TPSA) is 80.6 Å². The van der Waals surface area contributed by atoms with E-state index in [1.54, 1.807) is 22.8 Å². The van der Waals surface area contributed by atoms with Crippen LogP contribution in [0.2, 0.25) is 0 Å². The van der Waals surface area contributed by atoms with Gasteiger partial charge in [0.15, 0.2) is 5.75 Å². The van der Waals surface area contributed by atoms with Crippen LogP contribution in [0.5, 0.6) is 11.5 Å². The molecule has 6 heteroatoms. The molecule has 1 aromatic heterocycles. The number of amides is 1. The number of pyridine rings is 1. The molecule has 0 atom stereocenters. The number of carbonyl (C=O) groups excluding carboxylic acids is 1. The van der Waals surface area contributed by atoms with E-state index in [0.717, 1.165) is 25.7 Å². The second-order valence-corrected chi connectivity index (χ2v) is 8.08. The Morgan fingerprint density at radius 2 is 1.94 bits per heavy atom. The van der Waals surface area contributed by atoms with Gasteiger partial charge in [-0.15, -0.1) is 0 Å². The number of hydrogen-bond acceptors (Lipinski definition) is 4. The van der Waals surface area contributed by atoms with E-state index in [4.69, 9.17) is 4.74 Å². The van der Waals surface area contributed by atoms with Crippen molar-refractivity contribution in [2.75, 3.05) is 11.9 Å². The molecule has 0 bridgehead atoms. The summed E-state index contributed by atoms with van der Waals surface area (Å²) in [6.07, 6.45) is 7.78. The predicted octanol–water partition coefficient (Wildman–Crippen LogP) is 5.54. The molecule has 168 valence electrons. The monoisotopic (exact) mass is 426 g/mol. The molecule has 0 aliphatic rings. The molecule has 1 aromatic carbocycles. The van der Waals surface area contributed by atoms with Crippen LogP contribution in [-0.2, 0) is 11.3 Å². The van der Waals surface area contributed by atoms with Crippen molar-refractivity contribution in [3.05, 3.63) is 51.9 Å². The highest BCUT2D eigenvalue weighted by atomic mass is 16.5. The molecular formula is C25H34N2O4. The van der Waals surface area contributed by atoms with Gasteiger partial charge in [-0.1, -0.05) is 30.6 Å². The van der Waals surface area contributed by atoms with Gasteiger partial charge in [0.2, 0.25) is 11.7 Å². The molecule has 6 nitrogen and oxygen atoms in total. The summed E-state index contributed by atoms with van der Waals surface area (Å²) in [5, 5.41) is 14.0. The Kier molecular flexibility index (Phi) is 8.91. The van der Waals surface area contributed by atoms with Crippen molar-refractivity contribution in [3.8, 4) is 11.5 Å². The molecule has 0 spiro atoms. The number of benzene rings is 1. The molecule has 1 amide bonds. The Bertz CT molecular complexity index is 1040. The van der Waals surface area contributed by atoms with E-state index in [9.17, 15) is 14.7 Å². The molecule has 2 rings (SSSR count). The number of unbranched alkanes of at least 4 members (excludes halogenated alkanes) is 1. The smallest absolute Gasteiger partial charge is 0.297 e. The molecule has 2 N–H and O–H groups in total. The van der Waals surface area contributed by atoms with Crippen LogP contribution in [-0.4, -0.2) is 22.2 Å². The number of fused-ring (bicyclic) bond motifs is 1. The van der Waals surface area contributed by atoms with Gasteiger partial charge in [0, 0.05) is 24.5 Å². The van der Waals surface area contributed by atoms with E-state index < -0.39 is 5.56 Å². The third kappa shape index (κ3) is 6.74. The van der Waals surface area contributed by atoms with Gasteiger partial charge in [-0.25, -0.2) is 0 Å². The van der Waals surface area contributed by atoms with Crippen molar-refractivity contribution in [1.29, 1.82) is 0 Å². The number of aromatic hydroxyl groups is 1. The Hall–Kier alpha value is -3.02. The lowest BCUT2D eigenvalue weighted by Gasteiger charge is -2.16. The first kappa shape index (κ1) is 24.3. The minimum absolute atomic E-state index is 0.176. The molecule has 0 aliphatic heterocycles. The van der Waals surface area contributed by atoms with Crippen LogP contribution < -0.4 is 15.6 Å². The predicted molar refractivity (Wildman–Crippen MR) is 127 cm³/mol. The summed E-state index contributed by atoms with van der Waals surface area (Å²) >= 11 is 0. The van der Waals surface area contributed by atoms with Crippen LogP contribution in [0.1, 0.15) is 60.3 Å². The molecule has 31 heavy (non-hydrogen) atoms. The van der Waals surface area contributed by atoms with Crippen LogP contribution in [0, 0.1) is 0 Å². The first-order valence-electron chi connectivity index (χ1n) is 10.8. The fourth-order valence-electron chi connectivity index (χ4n) is 3.33. The van der Waals surface area contributed by atoms with E-state index in [0.29, 0.717) is 23.1 Å². The maximum atomic E-state index is 12.9. The third-order valence-electron chi connectivity index (χ3n) is 5.00. The number of anilines is 1. The summed E-state index contributed by atoms with van der Waals surface area (Å²) in [4.78, 5) is 24.3. The van der Waals surface area contributed by atoms with Crippen LogP contribution in [0.15, 0.2) is 46.3 Å². The average molecular weight is 427 g/mol. The number of nitrogens with zero attached hydrogens (tertiary/aromatic N) is 1. The lowest BCUT2D eigenvalue weighted by Crippen LogP contribution is -2.21. The molecular weight excluding hydrogens is 392 g/mol. The average Bonchev–Trinajstić information content (AvgIpc) is 2.70. The number of aromatic nitrogens is 1. The lowest BCUT2D eigenvalue weighted by molar-refractivity contribution is -0.114. The summed E-state index contributed by atoms with van der Waals surface area (Å²) < 4.78 is 7.42. The van der Waals surface area contributed by atoms with Crippen molar-refractivity contribution in [2.45, 2.75) is 66.8 Å². The Balaban J connectivity index is 2.39. The fourth-order valence-corrected chi connectivity index (χ4v) is 3.33. The van der Waals surface area contributed by atoms with Crippen LogP contribution in [0.3, 0.4) is 0 Å². The normalized spacial score (nSPS) is 11.5. The molecule has 0 saturated heterocycles. The number of rotatable bonds is 10. The number of allylic oxidation sites excluding steroid dienone is 3. The van der Waals surface area contributed by atoms with Crippen molar-refractivity contribution in [3.63, 3.8) is 0 Å². The van der Waals surface area contributed by atoms with Gasteiger partial charge < -0.3 is 19.7 Å². The quantitative estimate of drug-likeness (QED) is 0.489. The van der Waals surface area contributed by atoms with Gasteiger partial charge in [-0.2, -0.15) is 0 Å². The summed E-state index contributed by atoms with van der Waals surface area (Å²) in [6.45, 7) is 10.4. The zero-order valence-corrected chi connectivity index (χ0v) is 19.2. The zero-order valence-electron chi connectivity index (χ0n) is 19.2. The zero-order chi connectivity index (χ0) is 23.0. The van der Waals surface area contributed by atoms with Crippen molar-refractivity contribution >= 4 is 22.5 Å². The summed E-state index contributed by atoms with van der Waals surface area (Å²) in [7, 11) is 0. The highest BCUT2D eigenvalue weighted by molar-refractivity contribution is 5.94. The molecule has 1 heterocycles.